The van der Waals surface area contributed by atoms with E-state index in [1.165, 1.54) is 6.20 Å². The third-order valence-electron chi connectivity index (χ3n) is 3.24. The summed E-state index contributed by atoms with van der Waals surface area (Å²) in [6, 6.07) is 5.37. The lowest BCUT2D eigenvalue weighted by atomic mass is 9.99. The number of carbonyl (C=O) groups excluding carboxylic acids is 1. The predicted octanol–water partition coefficient (Wildman–Crippen LogP) is 2.52. The maximum Gasteiger partial charge on any atom is 0.251 e. The number of aromatic nitrogens is 3. The summed E-state index contributed by atoms with van der Waals surface area (Å²) in [6.45, 7) is 0. The summed E-state index contributed by atoms with van der Waals surface area (Å²) in [5.74, 6) is -2.81. The molecular weight excluding hydrogens is 290 g/mol. The van der Waals surface area contributed by atoms with Gasteiger partial charge < -0.3 is 5.73 Å². The number of benzene rings is 1. The van der Waals surface area contributed by atoms with Gasteiger partial charge in [-0.15, -0.1) is 0 Å². The van der Waals surface area contributed by atoms with E-state index >= 15 is 0 Å². The van der Waals surface area contributed by atoms with Gasteiger partial charge in [-0.1, -0.05) is 0 Å². The molecule has 0 radical (unpaired) electrons. The third-order valence-corrected chi connectivity index (χ3v) is 3.24. The minimum absolute atomic E-state index is 0.129. The molecule has 0 bridgehead atoms. The molecule has 0 saturated heterocycles. The van der Waals surface area contributed by atoms with Gasteiger partial charge in [0.15, 0.2) is 0 Å². The largest absolute Gasteiger partial charge is 0.366 e. The molecule has 0 spiro atoms. The molecule has 1 amide bonds. The Morgan fingerprint density at radius 2 is 1.86 bits per heavy atom. The minimum Gasteiger partial charge on any atom is -0.366 e. The highest BCUT2D eigenvalue weighted by atomic mass is 19.1. The molecule has 5 nitrogen and oxygen atoms in total. The second kappa shape index (κ2) is 5.36. The van der Waals surface area contributed by atoms with Crippen molar-refractivity contribution < 1.29 is 13.6 Å². The Morgan fingerprint density at radius 3 is 2.55 bits per heavy atom. The maximum atomic E-state index is 14.4. The first kappa shape index (κ1) is 13.9. The molecule has 0 fully saturated rings. The van der Waals surface area contributed by atoms with Crippen molar-refractivity contribution in [1.82, 2.24) is 15.2 Å². The van der Waals surface area contributed by atoms with Crippen LogP contribution in [0.25, 0.3) is 22.4 Å². The first-order chi connectivity index (χ1) is 10.6. The van der Waals surface area contributed by atoms with Crippen molar-refractivity contribution in [1.29, 1.82) is 0 Å². The molecular formula is C15H10F2N4O. The molecule has 110 valence electrons. The molecule has 0 aliphatic carbocycles. The number of amides is 1. The molecule has 7 heteroatoms. The number of primary amides is 1. The number of H-pyrrole nitrogens is 1. The summed E-state index contributed by atoms with van der Waals surface area (Å²) in [4.78, 5) is 15.1. The van der Waals surface area contributed by atoms with Crippen LogP contribution in [0.1, 0.15) is 10.4 Å². The molecule has 0 atom stereocenters. The lowest BCUT2D eigenvalue weighted by Crippen LogP contribution is -2.14. The molecule has 0 saturated carbocycles. The van der Waals surface area contributed by atoms with Crippen LogP contribution in [0.15, 0.2) is 42.9 Å². The van der Waals surface area contributed by atoms with Crippen molar-refractivity contribution in [2.75, 3.05) is 0 Å². The monoisotopic (exact) mass is 300 g/mol. The van der Waals surface area contributed by atoms with Gasteiger partial charge in [0, 0.05) is 18.0 Å². The van der Waals surface area contributed by atoms with E-state index in [4.69, 9.17) is 5.73 Å². The Balaban J connectivity index is 2.24. The third kappa shape index (κ3) is 2.22. The fourth-order valence-corrected chi connectivity index (χ4v) is 2.20. The molecule has 0 unspecified atom stereocenters. The van der Waals surface area contributed by atoms with E-state index in [0.29, 0.717) is 11.1 Å². The number of pyridine rings is 1. The Kier molecular flexibility index (Phi) is 3.38. The zero-order valence-electron chi connectivity index (χ0n) is 11.2. The minimum atomic E-state index is -1.02. The standard InChI is InChI=1S/C15H10F2N4O/c16-11-2-1-9(15(18)22)13(17)12(11)14-10(7-20-21-14)8-3-5-19-6-4-8/h1-7H,(H2,18,22)(H,20,21). The second-order valence-corrected chi connectivity index (χ2v) is 4.54. The van der Waals surface area contributed by atoms with Crippen LogP contribution in [0.3, 0.4) is 0 Å². The summed E-state index contributed by atoms with van der Waals surface area (Å²) >= 11 is 0. The maximum absolute atomic E-state index is 14.4. The van der Waals surface area contributed by atoms with Crippen molar-refractivity contribution >= 4 is 5.91 Å². The molecule has 0 aliphatic heterocycles. The van der Waals surface area contributed by atoms with Crippen LogP contribution in [0.5, 0.6) is 0 Å². The van der Waals surface area contributed by atoms with Crippen LogP contribution in [0.2, 0.25) is 0 Å². The van der Waals surface area contributed by atoms with E-state index in [1.54, 1.807) is 24.5 Å². The van der Waals surface area contributed by atoms with Gasteiger partial charge in [0.25, 0.3) is 5.91 Å². The molecule has 2 aromatic heterocycles. The highest BCUT2D eigenvalue weighted by Gasteiger charge is 2.22. The average molecular weight is 300 g/mol. The zero-order chi connectivity index (χ0) is 15.7. The van der Waals surface area contributed by atoms with Gasteiger partial charge in [-0.3, -0.25) is 14.9 Å². The Labute approximate surface area is 123 Å². The van der Waals surface area contributed by atoms with Crippen LogP contribution in [-0.2, 0) is 0 Å². The summed E-state index contributed by atoms with van der Waals surface area (Å²) in [7, 11) is 0. The van der Waals surface area contributed by atoms with E-state index in [9.17, 15) is 13.6 Å². The van der Waals surface area contributed by atoms with Crippen molar-refractivity contribution in [2.24, 2.45) is 5.73 Å². The van der Waals surface area contributed by atoms with Crippen molar-refractivity contribution in [2.45, 2.75) is 0 Å². The molecule has 0 aliphatic rings. The molecule has 2 heterocycles. The lowest BCUT2D eigenvalue weighted by Gasteiger charge is -2.08. The van der Waals surface area contributed by atoms with Crippen LogP contribution in [0, 0.1) is 11.6 Å². The van der Waals surface area contributed by atoms with Gasteiger partial charge in [0.2, 0.25) is 0 Å². The smallest absolute Gasteiger partial charge is 0.251 e. The number of nitrogens with two attached hydrogens (primary N) is 1. The van der Waals surface area contributed by atoms with Gasteiger partial charge in [0.1, 0.15) is 11.6 Å². The summed E-state index contributed by atoms with van der Waals surface area (Å²) in [5.41, 5.74) is 5.64. The number of nitrogens with zero attached hydrogens (tertiary/aromatic N) is 2. The van der Waals surface area contributed by atoms with Crippen LogP contribution in [0.4, 0.5) is 8.78 Å². The van der Waals surface area contributed by atoms with Gasteiger partial charge in [0.05, 0.1) is 23.0 Å². The number of nitrogens with one attached hydrogen (secondary N) is 1. The average Bonchev–Trinajstić information content (AvgIpc) is 2.97. The fraction of sp³-hybridized carbons (Fsp3) is 0. The number of aromatic amines is 1. The van der Waals surface area contributed by atoms with Crippen molar-refractivity contribution in [3.8, 4) is 22.4 Å². The quantitative estimate of drug-likeness (QED) is 0.779. The Morgan fingerprint density at radius 1 is 1.14 bits per heavy atom. The van der Waals surface area contributed by atoms with Gasteiger partial charge in [-0.25, -0.2) is 8.78 Å². The Bertz CT molecular complexity index is 846. The molecule has 3 N–H and O–H groups in total. The SMILES string of the molecule is NC(=O)c1ccc(F)c(-c2[nH]ncc2-c2ccncc2)c1F. The predicted molar refractivity (Wildman–Crippen MR) is 75.7 cm³/mol. The van der Waals surface area contributed by atoms with Crippen LogP contribution in [-0.4, -0.2) is 21.1 Å². The van der Waals surface area contributed by atoms with Crippen molar-refractivity contribution in [3.63, 3.8) is 0 Å². The fourth-order valence-electron chi connectivity index (χ4n) is 2.20. The van der Waals surface area contributed by atoms with E-state index < -0.39 is 17.5 Å². The molecule has 3 rings (SSSR count). The van der Waals surface area contributed by atoms with Gasteiger partial charge >= 0.3 is 0 Å². The normalized spacial score (nSPS) is 10.6. The number of halogens is 2. The number of rotatable bonds is 3. The lowest BCUT2D eigenvalue weighted by molar-refractivity contribution is 0.0996. The van der Waals surface area contributed by atoms with Gasteiger partial charge in [-0.05, 0) is 29.8 Å². The van der Waals surface area contributed by atoms with E-state index in [-0.39, 0.29) is 16.8 Å². The summed E-state index contributed by atoms with van der Waals surface area (Å²) in [6.07, 6.45) is 4.55. The first-order valence-electron chi connectivity index (χ1n) is 6.31. The van der Waals surface area contributed by atoms with Crippen molar-refractivity contribution in [3.05, 3.63) is 60.1 Å². The highest BCUT2D eigenvalue weighted by Crippen LogP contribution is 2.34. The second-order valence-electron chi connectivity index (χ2n) is 4.54. The molecule has 3 aromatic rings. The number of hydrogen-bond acceptors (Lipinski definition) is 3. The number of hydrogen-bond donors (Lipinski definition) is 2. The van der Waals surface area contributed by atoms with E-state index in [1.807, 2.05) is 0 Å². The Hall–Kier alpha value is -3.09. The summed E-state index contributed by atoms with van der Waals surface area (Å²) in [5, 5.41) is 6.40. The number of carbonyl (C=O) groups is 1. The molecule has 1 aromatic carbocycles. The molecule has 22 heavy (non-hydrogen) atoms. The highest BCUT2D eigenvalue weighted by molar-refractivity contribution is 5.95. The first-order valence-corrected chi connectivity index (χ1v) is 6.31. The zero-order valence-corrected chi connectivity index (χ0v) is 11.2. The van der Waals surface area contributed by atoms with Crippen LogP contribution < -0.4 is 5.73 Å². The van der Waals surface area contributed by atoms with E-state index in [0.717, 1.165) is 12.1 Å². The van der Waals surface area contributed by atoms with E-state index in [2.05, 4.69) is 15.2 Å². The summed E-state index contributed by atoms with van der Waals surface area (Å²) < 4.78 is 28.5. The topological polar surface area (TPSA) is 84.7 Å². The van der Waals surface area contributed by atoms with Gasteiger partial charge in [-0.2, -0.15) is 5.10 Å². The van der Waals surface area contributed by atoms with Crippen LogP contribution >= 0.6 is 0 Å².